The number of carbonyl (C=O) groups is 2. The second kappa shape index (κ2) is 6.85. The van der Waals surface area contributed by atoms with Crippen molar-refractivity contribution in [2.24, 2.45) is 5.41 Å². The van der Waals surface area contributed by atoms with Gasteiger partial charge in [-0.3, -0.25) is 9.59 Å². The summed E-state index contributed by atoms with van der Waals surface area (Å²) in [4.78, 5) is 30.3. The molecule has 1 N–H and O–H groups in total. The number of nitrogens with zero attached hydrogens (tertiary/aromatic N) is 3. The zero-order valence-electron chi connectivity index (χ0n) is 15.6. The average Bonchev–Trinajstić information content (AvgIpc) is 3.03. The smallest absolute Gasteiger partial charge is 0.293 e. The number of likely N-dealkylation sites (tertiary alicyclic amines) is 1. The first-order valence-electron chi connectivity index (χ1n) is 9.28. The van der Waals surface area contributed by atoms with Crippen LogP contribution in [0.5, 0.6) is 0 Å². The topological polar surface area (TPSA) is 88.3 Å². The average molecular weight is 408 g/mol. The Hall–Kier alpha value is -2.91. The van der Waals surface area contributed by atoms with Gasteiger partial charge in [0.15, 0.2) is 0 Å². The molecule has 1 aliphatic heterocycles. The van der Waals surface area contributed by atoms with Gasteiger partial charge in [-0.25, -0.2) is 13.2 Å². The van der Waals surface area contributed by atoms with Gasteiger partial charge in [0.1, 0.15) is 11.9 Å². The molecule has 2 heterocycles. The number of carbonyl (C=O) groups excluding carboxylic acids is 2. The lowest BCUT2D eigenvalue weighted by Gasteiger charge is -2.33. The molecular weight excluding hydrogens is 389 g/mol. The summed E-state index contributed by atoms with van der Waals surface area (Å²) in [5.74, 6) is -4.51. The van der Waals surface area contributed by atoms with Crippen molar-refractivity contribution in [3.05, 3.63) is 35.9 Å². The van der Waals surface area contributed by atoms with Gasteiger partial charge in [0.2, 0.25) is 5.91 Å². The predicted molar refractivity (Wildman–Crippen MR) is 94.4 cm³/mol. The van der Waals surface area contributed by atoms with Crippen molar-refractivity contribution < 1.29 is 27.3 Å². The number of hydrogen-bond donors (Lipinski definition) is 1. The Morgan fingerprint density at radius 3 is 2.59 bits per heavy atom. The Kier molecular flexibility index (Phi) is 4.59. The minimum absolute atomic E-state index is 0.0275. The Bertz CT molecular complexity index is 954. The molecule has 2 aliphatic rings. The molecule has 2 aromatic rings. The summed E-state index contributed by atoms with van der Waals surface area (Å²) < 4.78 is 45.2. The molecule has 1 spiro atoms. The molecule has 29 heavy (non-hydrogen) atoms. The van der Waals surface area contributed by atoms with E-state index in [0.717, 1.165) is 0 Å². The van der Waals surface area contributed by atoms with E-state index in [4.69, 9.17) is 4.52 Å². The highest BCUT2D eigenvalue weighted by Gasteiger charge is 2.70. The molecule has 154 valence electrons. The highest BCUT2D eigenvalue weighted by molar-refractivity contribution is 5.94. The molecule has 1 saturated carbocycles. The van der Waals surface area contributed by atoms with Gasteiger partial charge in [0.25, 0.3) is 23.5 Å². The number of halogens is 3. The van der Waals surface area contributed by atoms with Gasteiger partial charge in [-0.1, -0.05) is 11.2 Å². The molecule has 2 fully saturated rings. The van der Waals surface area contributed by atoms with E-state index in [1.807, 2.05) is 0 Å². The van der Waals surface area contributed by atoms with Gasteiger partial charge in [0, 0.05) is 30.5 Å². The standard InChI is InChI=1S/C19H19F3N4O3/c1-11(17(28)26-7-5-18(6-8-26)10-19(18,21)22)23-15(27)14-24-16(29-25-14)12-3-2-4-13(20)9-12/h2-4,9,11H,5-8,10H2,1H3,(H,23,27)/t11-/m0/s1. The summed E-state index contributed by atoms with van der Waals surface area (Å²) in [5, 5.41) is 6.05. The van der Waals surface area contributed by atoms with E-state index in [0.29, 0.717) is 5.56 Å². The summed E-state index contributed by atoms with van der Waals surface area (Å²) in [5.41, 5.74) is -0.631. The fourth-order valence-electron chi connectivity index (χ4n) is 3.73. The van der Waals surface area contributed by atoms with Crippen molar-refractivity contribution in [1.29, 1.82) is 0 Å². The maximum Gasteiger partial charge on any atom is 0.293 e. The van der Waals surface area contributed by atoms with E-state index in [1.165, 1.54) is 30.0 Å². The monoisotopic (exact) mass is 408 g/mol. The third-order valence-electron chi connectivity index (χ3n) is 5.66. The van der Waals surface area contributed by atoms with Crippen LogP contribution >= 0.6 is 0 Å². The van der Waals surface area contributed by atoms with Crippen molar-refractivity contribution in [3.8, 4) is 11.5 Å². The fraction of sp³-hybridized carbons (Fsp3) is 0.474. The molecule has 0 bridgehead atoms. The first-order chi connectivity index (χ1) is 13.7. The van der Waals surface area contributed by atoms with E-state index < -0.39 is 29.1 Å². The second-order valence-corrected chi connectivity index (χ2v) is 7.62. The molecule has 1 saturated heterocycles. The number of alkyl halides is 2. The van der Waals surface area contributed by atoms with Crippen LogP contribution in [0.25, 0.3) is 11.5 Å². The van der Waals surface area contributed by atoms with Gasteiger partial charge in [-0.05, 0) is 38.0 Å². The number of hydrogen-bond acceptors (Lipinski definition) is 5. The largest absolute Gasteiger partial charge is 0.341 e. The molecule has 7 nitrogen and oxygen atoms in total. The highest BCUT2D eigenvalue weighted by Crippen LogP contribution is 2.65. The molecular formula is C19H19F3N4O3. The minimum Gasteiger partial charge on any atom is -0.341 e. The predicted octanol–water partition coefficient (Wildman–Crippen LogP) is 2.64. The molecule has 4 rings (SSSR count). The molecule has 1 atom stereocenters. The van der Waals surface area contributed by atoms with Crippen LogP contribution in [0.4, 0.5) is 13.2 Å². The van der Waals surface area contributed by atoms with Crippen LogP contribution in [0, 0.1) is 11.2 Å². The van der Waals surface area contributed by atoms with Crippen molar-refractivity contribution >= 4 is 11.8 Å². The zero-order chi connectivity index (χ0) is 20.8. The fourth-order valence-corrected chi connectivity index (χ4v) is 3.73. The summed E-state index contributed by atoms with van der Waals surface area (Å²) in [7, 11) is 0. The number of piperidine rings is 1. The lowest BCUT2D eigenvalue weighted by Crippen LogP contribution is -2.50. The van der Waals surface area contributed by atoms with Crippen molar-refractivity contribution in [2.75, 3.05) is 13.1 Å². The SMILES string of the molecule is C[C@H](NC(=O)c1noc(-c2cccc(F)c2)n1)C(=O)N1CCC2(CC1)CC2(F)F. The molecule has 0 radical (unpaired) electrons. The number of nitrogens with one attached hydrogen (secondary N) is 1. The van der Waals surface area contributed by atoms with Crippen molar-refractivity contribution in [1.82, 2.24) is 20.4 Å². The second-order valence-electron chi connectivity index (χ2n) is 7.62. The first-order valence-corrected chi connectivity index (χ1v) is 9.28. The van der Waals surface area contributed by atoms with Crippen LogP contribution in [0.15, 0.2) is 28.8 Å². The van der Waals surface area contributed by atoms with Crippen LogP contribution < -0.4 is 5.32 Å². The Labute approximate surface area is 164 Å². The van der Waals surface area contributed by atoms with E-state index in [9.17, 15) is 22.8 Å². The normalized spacial score (nSPS) is 20.3. The van der Waals surface area contributed by atoms with Crippen LogP contribution in [0.1, 0.15) is 36.8 Å². The van der Waals surface area contributed by atoms with Gasteiger partial charge in [-0.2, -0.15) is 4.98 Å². The van der Waals surface area contributed by atoms with E-state index >= 15 is 0 Å². The third-order valence-corrected chi connectivity index (χ3v) is 5.66. The number of rotatable bonds is 4. The molecule has 0 unspecified atom stereocenters. The van der Waals surface area contributed by atoms with Gasteiger partial charge in [0.05, 0.1) is 0 Å². The third kappa shape index (κ3) is 3.58. The molecule has 2 amide bonds. The summed E-state index contributed by atoms with van der Waals surface area (Å²) >= 11 is 0. The lowest BCUT2D eigenvalue weighted by atomic mass is 9.92. The van der Waals surface area contributed by atoms with Gasteiger partial charge < -0.3 is 14.7 Å². The molecule has 1 aromatic carbocycles. The maximum absolute atomic E-state index is 13.5. The summed E-state index contributed by atoms with van der Waals surface area (Å²) in [6.45, 7) is 1.98. The van der Waals surface area contributed by atoms with E-state index in [-0.39, 0.29) is 50.0 Å². The summed E-state index contributed by atoms with van der Waals surface area (Å²) in [6, 6.07) is 4.58. The first kappa shape index (κ1) is 19.4. The Morgan fingerprint density at radius 2 is 1.97 bits per heavy atom. The van der Waals surface area contributed by atoms with Crippen molar-refractivity contribution in [2.45, 2.75) is 38.2 Å². The Balaban J connectivity index is 1.34. The zero-order valence-corrected chi connectivity index (χ0v) is 15.6. The highest BCUT2D eigenvalue weighted by atomic mass is 19.3. The Morgan fingerprint density at radius 1 is 1.28 bits per heavy atom. The number of benzene rings is 1. The van der Waals surface area contributed by atoms with Crippen LogP contribution in [-0.4, -0.2) is 51.9 Å². The van der Waals surface area contributed by atoms with Crippen LogP contribution in [0.2, 0.25) is 0 Å². The molecule has 1 aliphatic carbocycles. The van der Waals surface area contributed by atoms with Crippen molar-refractivity contribution in [3.63, 3.8) is 0 Å². The summed E-state index contributed by atoms with van der Waals surface area (Å²) in [6.07, 6.45) is 0.405. The van der Waals surface area contributed by atoms with E-state index in [1.54, 1.807) is 6.07 Å². The van der Waals surface area contributed by atoms with Crippen LogP contribution in [0.3, 0.4) is 0 Å². The molecule has 10 heteroatoms. The van der Waals surface area contributed by atoms with E-state index in [2.05, 4.69) is 15.5 Å². The van der Waals surface area contributed by atoms with Gasteiger partial charge in [-0.15, -0.1) is 0 Å². The number of amides is 2. The number of aromatic nitrogens is 2. The lowest BCUT2D eigenvalue weighted by molar-refractivity contribution is -0.135. The maximum atomic E-state index is 13.5. The van der Waals surface area contributed by atoms with Gasteiger partial charge >= 0.3 is 0 Å². The minimum atomic E-state index is -2.63. The quantitative estimate of drug-likeness (QED) is 0.840. The van der Waals surface area contributed by atoms with Crippen LogP contribution in [-0.2, 0) is 4.79 Å². The molecule has 1 aromatic heterocycles.